The Bertz CT molecular complexity index is 333. The summed E-state index contributed by atoms with van der Waals surface area (Å²) in [7, 11) is 1.40. The van der Waals surface area contributed by atoms with Crippen LogP contribution in [0.15, 0.2) is 0 Å². The molecule has 0 aliphatic heterocycles. The van der Waals surface area contributed by atoms with Crippen LogP contribution < -0.4 is 10.6 Å². The predicted octanol–water partition coefficient (Wildman–Crippen LogP) is 1.58. The number of hydrogen-bond acceptors (Lipinski definition) is 5. The Hall–Kier alpha value is -1.30. The van der Waals surface area contributed by atoms with E-state index in [1.54, 1.807) is 0 Å². The van der Waals surface area contributed by atoms with Gasteiger partial charge in [-0.3, -0.25) is 4.79 Å². The van der Waals surface area contributed by atoms with Crippen LogP contribution in [0.2, 0.25) is 0 Å². The van der Waals surface area contributed by atoms with Crippen LogP contribution >= 0.6 is 0 Å². The van der Waals surface area contributed by atoms with Crippen molar-refractivity contribution < 1.29 is 19.1 Å². The predicted molar refractivity (Wildman–Crippen MR) is 75.4 cm³/mol. The molecule has 1 saturated carbocycles. The molecule has 116 valence electrons. The molecule has 6 nitrogen and oxygen atoms in total. The van der Waals surface area contributed by atoms with Gasteiger partial charge in [-0.25, -0.2) is 4.79 Å². The first-order valence-corrected chi connectivity index (χ1v) is 7.10. The van der Waals surface area contributed by atoms with Crippen LogP contribution in [0.5, 0.6) is 0 Å². The lowest BCUT2D eigenvalue weighted by Gasteiger charge is -2.36. The fourth-order valence-electron chi connectivity index (χ4n) is 2.02. The van der Waals surface area contributed by atoms with Crippen LogP contribution in [0.1, 0.15) is 46.5 Å². The van der Waals surface area contributed by atoms with Crippen LogP contribution in [-0.2, 0) is 14.3 Å². The molecule has 6 heteroatoms. The minimum atomic E-state index is -0.459. The molecule has 20 heavy (non-hydrogen) atoms. The van der Waals surface area contributed by atoms with Gasteiger partial charge < -0.3 is 20.1 Å². The molecule has 0 bridgehead atoms. The Morgan fingerprint density at radius 2 is 1.85 bits per heavy atom. The van der Waals surface area contributed by atoms with Crippen molar-refractivity contribution in [1.29, 1.82) is 0 Å². The fraction of sp³-hybridized carbons (Fsp3) is 0.857. The number of ether oxygens (including phenoxy) is 2. The summed E-state index contributed by atoms with van der Waals surface area (Å²) >= 11 is 0. The van der Waals surface area contributed by atoms with E-state index in [2.05, 4.69) is 15.4 Å². The molecule has 0 atom stereocenters. The molecule has 0 aromatic rings. The summed E-state index contributed by atoms with van der Waals surface area (Å²) in [4.78, 5) is 22.4. The van der Waals surface area contributed by atoms with Crippen molar-refractivity contribution in [1.82, 2.24) is 10.6 Å². The SMILES string of the molecule is COC(=O)CCCNC1CC(NC(=O)OC(C)(C)C)C1. The molecule has 1 amide bonds. The second kappa shape index (κ2) is 7.47. The highest BCUT2D eigenvalue weighted by atomic mass is 16.6. The van der Waals surface area contributed by atoms with E-state index >= 15 is 0 Å². The topological polar surface area (TPSA) is 76.7 Å². The van der Waals surface area contributed by atoms with Crippen molar-refractivity contribution in [3.63, 3.8) is 0 Å². The van der Waals surface area contributed by atoms with Gasteiger partial charge in [0, 0.05) is 18.5 Å². The van der Waals surface area contributed by atoms with E-state index in [-0.39, 0.29) is 18.1 Å². The number of carbonyl (C=O) groups is 2. The third kappa shape index (κ3) is 6.75. The van der Waals surface area contributed by atoms with Gasteiger partial charge in [0.25, 0.3) is 0 Å². The molecule has 0 spiro atoms. The summed E-state index contributed by atoms with van der Waals surface area (Å²) in [6, 6.07) is 0.593. The smallest absolute Gasteiger partial charge is 0.407 e. The van der Waals surface area contributed by atoms with Crippen LogP contribution in [-0.4, -0.2) is 43.4 Å². The van der Waals surface area contributed by atoms with Crippen LogP contribution in [0, 0.1) is 0 Å². The van der Waals surface area contributed by atoms with Gasteiger partial charge >= 0.3 is 12.1 Å². The number of carbonyl (C=O) groups excluding carboxylic acids is 2. The van der Waals surface area contributed by atoms with Crippen LogP contribution in [0.4, 0.5) is 4.79 Å². The average molecular weight is 286 g/mol. The number of alkyl carbamates (subject to hydrolysis) is 1. The van der Waals surface area contributed by atoms with Gasteiger partial charge in [0.15, 0.2) is 0 Å². The zero-order valence-corrected chi connectivity index (χ0v) is 12.8. The molecule has 0 aromatic carbocycles. The van der Waals surface area contributed by atoms with Crippen molar-refractivity contribution >= 4 is 12.1 Å². The summed E-state index contributed by atoms with van der Waals surface area (Å²) in [6.07, 6.45) is 2.66. The maximum atomic E-state index is 11.5. The zero-order valence-electron chi connectivity index (χ0n) is 12.8. The second-order valence-electron chi connectivity index (χ2n) is 6.15. The quantitative estimate of drug-likeness (QED) is 0.573. The largest absolute Gasteiger partial charge is 0.469 e. The lowest BCUT2D eigenvalue weighted by molar-refractivity contribution is -0.140. The van der Waals surface area contributed by atoms with E-state index in [1.807, 2.05) is 20.8 Å². The molecule has 1 rings (SSSR count). The van der Waals surface area contributed by atoms with Crippen molar-refractivity contribution in [2.75, 3.05) is 13.7 Å². The van der Waals surface area contributed by atoms with Gasteiger partial charge in [-0.05, 0) is 46.6 Å². The highest BCUT2D eigenvalue weighted by Crippen LogP contribution is 2.20. The molecule has 1 aliphatic carbocycles. The number of rotatable bonds is 6. The number of hydrogen-bond donors (Lipinski definition) is 2. The van der Waals surface area contributed by atoms with E-state index < -0.39 is 5.60 Å². The Morgan fingerprint density at radius 1 is 1.20 bits per heavy atom. The molecular formula is C14H26N2O4. The minimum Gasteiger partial charge on any atom is -0.469 e. The highest BCUT2D eigenvalue weighted by Gasteiger charge is 2.31. The van der Waals surface area contributed by atoms with Gasteiger partial charge in [-0.1, -0.05) is 0 Å². The molecule has 0 heterocycles. The first-order chi connectivity index (χ1) is 9.30. The summed E-state index contributed by atoms with van der Waals surface area (Å²) in [5.74, 6) is -0.176. The summed E-state index contributed by atoms with van der Waals surface area (Å²) in [6.45, 7) is 6.33. The first-order valence-electron chi connectivity index (χ1n) is 7.10. The Balaban J connectivity index is 2.03. The maximum absolute atomic E-state index is 11.5. The standard InChI is InChI=1S/C14H26N2O4/c1-14(2,3)20-13(18)16-11-8-10(9-11)15-7-5-6-12(17)19-4/h10-11,15H,5-9H2,1-4H3,(H,16,18). The Kier molecular flexibility index (Phi) is 6.26. The van der Waals surface area contributed by atoms with Crippen LogP contribution in [0.3, 0.4) is 0 Å². The van der Waals surface area contributed by atoms with Gasteiger partial charge in [0.2, 0.25) is 0 Å². The number of nitrogens with one attached hydrogen (secondary N) is 2. The van der Waals surface area contributed by atoms with Crippen LogP contribution in [0.25, 0.3) is 0 Å². The van der Waals surface area contributed by atoms with E-state index in [9.17, 15) is 9.59 Å². The molecule has 0 unspecified atom stereocenters. The molecule has 0 aromatic heterocycles. The molecule has 1 fully saturated rings. The van der Waals surface area contributed by atoms with Gasteiger partial charge in [0.05, 0.1) is 7.11 Å². The van der Waals surface area contributed by atoms with Gasteiger partial charge in [-0.15, -0.1) is 0 Å². The first kappa shape index (κ1) is 16.8. The maximum Gasteiger partial charge on any atom is 0.407 e. The van der Waals surface area contributed by atoms with E-state index in [0.717, 1.165) is 25.8 Å². The summed E-state index contributed by atoms with van der Waals surface area (Å²) in [5.41, 5.74) is -0.459. The normalized spacial score (nSPS) is 21.8. The summed E-state index contributed by atoms with van der Waals surface area (Å²) in [5, 5.41) is 6.20. The van der Waals surface area contributed by atoms with E-state index in [1.165, 1.54) is 7.11 Å². The zero-order chi connectivity index (χ0) is 15.2. The van der Waals surface area contributed by atoms with Gasteiger partial charge in [0.1, 0.15) is 5.60 Å². The van der Waals surface area contributed by atoms with Crippen molar-refractivity contribution in [3.05, 3.63) is 0 Å². The van der Waals surface area contributed by atoms with E-state index in [0.29, 0.717) is 12.5 Å². The monoisotopic (exact) mass is 286 g/mol. The highest BCUT2D eigenvalue weighted by molar-refractivity contribution is 5.69. The Morgan fingerprint density at radius 3 is 2.40 bits per heavy atom. The number of methoxy groups -OCH3 is 1. The third-order valence-electron chi connectivity index (χ3n) is 3.08. The number of esters is 1. The second-order valence-corrected chi connectivity index (χ2v) is 6.15. The van der Waals surface area contributed by atoms with Crippen molar-refractivity contribution in [2.45, 2.75) is 64.1 Å². The lowest BCUT2D eigenvalue weighted by atomic mass is 9.87. The molecule has 1 aliphatic rings. The molecular weight excluding hydrogens is 260 g/mol. The molecule has 2 N–H and O–H groups in total. The van der Waals surface area contributed by atoms with Crippen molar-refractivity contribution in [2.24, 2.45) is 0 Å². The Labute approximate surface area is 120 Å². The molecule has 0 saturated heterocycles. The number of amides is 1. The molecule has 0 radical (unpaired) electrons. The third-order valence-corrected chi connectivity index (χ3v) is 3.08. The lowest BCUT2D eigenvalue weighted by Crippen LogP contribution is -2.53. The summed E-state index contributed by atoms with van der Waals surface area (Å²) < 4.78 is 9.76. The fourth-order valence-corrected chi connectivity index (χ4v) is 2.02. The average Bonchev–Trinajstić information content (AvgIpc) is 2.27. The minimum absolute atomic E-state index is 0.176. The van der Waals surface area contributed by atoms with E-state index in [4.69, 9.17) is 4.74 Å². The van der Waals surface area contributed by atoms with Crippen molar-refractivity contribution in [3.8, 4) is 0 Å². The van der Waals surface area contributed by atoms with Gasteiger partial charge in [-0.2, -0.15) is 0 Å².